The second kappa shape index (κ2) is 7.84. The number of rotatable bonds is 7. The molecule has 1 fully saturated rings. The lowest BCUT2D eigenvalue weighted by Crippen LogP contribution is -2.33. The van der Waals surface area contributed by atoms with E-state index in [1.165, 1.54) is 44.3 Å². The number of hydrogen-bond acceptors (Lipinski definition) is 3. The zero-order chi connectivity index (χ0) is 14.4. The second-order valence-electron chi connectivity index (χ2n) is 6.11. The molecular weight excluding hydrogens is 248 g/mol. The highest BCUT2D eigenvalue weighted by atomic mass is 16.3. The number of furan rings is 1. The highest BCUT2D eigenvalue weighted by molar-refractivity contribution is 5.20. The van der Waals surface area contributed by atoms with Crippen LogP contribution in [0.4, 0.5) is 0 Å². The van der Waals surface area contributed by atoms with E-state index in [0.29, 0.717) is 0 Å². The lowest BCUT2D eigenvalue weighted by Gasteiger charge is -2.31. The topological polar surface area (TPSA) is 28.4 Å². The maximum absolute atomic E-state index is 5.99. The van der Waals surface area contributed by atoms with Gasteiger partial charge in [-0.3, -0.25) is 4.90 Å². The molecule has 1 aromatic rings. The van der Waals surface area contributed by atoms with Crippen LogP contribution < -0.4 is 5.32 Å². The molecule has 0 amide bonds. The van der Waals surface area contributed by atoms with Crippen LogP contribution in [-0.2, 0) is 13.1 Å². The van der Waals surface area contributed by atoms with Crippen molar-refractivity contribution in [2.75, 3.05) is 19.6 Å². The minimum absolute atomic E-state index is 0.848. The van der Waals surface area contributed by atoms with Crippen molar-refractivity contribution in [3.63, 3.8) is 0 Å². The Morgan fingerprint density at radius 1 is 1.30 bits per heavy atom. The molecule has 1 aliphatic heterocycles. The van der Waals surface area contributed by atoms with Gasteiger partial charge in [-0.2, -0.15) is 0 Å². The first-order valence-electron chi connectivity index (χ1n) is 8.24. The van der Waals surface area contributed by atoms with Crippen LogP contribution in [0.3, 0.4) is 0 Å². The minimum atomic E-state index is 0.848. The third kappa shape index (κ3) is 4.35. The molecule has 1 aliphatic rings. The van der Waals surface area contributed by atoms with Gasteiger partial charge >= 0.3 is 0 Å². The van der Waals surface area contributed by atoms with Gasteiger partial charge in [-0.25, -0.2) is 0 Å². The summed E-state index contributed by atoms with van der Waals surface area (Å²) in [6.07, 6.45) is 5.45. The Labute approximate surface area is 123 Å². The molecule has 20 heavy (non-hydrogen) atoms. The standard InChI is InChI=1S/C17H30N2O/c1-4-6-15-7-9-19(10-8-15)13-16-11-14(3)17(20-16)12-18-5-2/h11,15,18H,4-10,12-13H2,1-3H3. The molecule has 0 atom stereocenters. The number of piperidine rings is 1. The Balaban J connectivity index is 1.82. The van der Waals surface area contributed by atoms with Crippen molar-refractivity contribution >= 4 is 0 Å². The van der Waals surface area contributed by atoms with Crippen LogP contribution in [-0.4, -0.2) is 24.5 Å². The Hall–Kier alpha value is -0.800. The normalized spacial score (nSPS) is 17.8. The molecule has 1 aromatic heterocycles. The predicted octanol–water partition coefficient (Wildman–Crippen LogP) is 3.71. The first-order chi connectivity index (χ1) is 9.72. The summed E-state index contributed by atoms with van der Waals surface area (Å²) >= 11 is 0. The third-order valence-corrected chi connectivity index (χ3v) is 4.39. The van der Waals surface area contributed by atoms with Gasteiger partial charge in [0.05, 0.1) is 13.1 Å². The number of hydrogen-bond donors (Lipinski definition) is 1. The number of nitrogens with one attached hydrogen (secondary N) is 1. The summed E-state index contributed by atoms with van der Waals surface area (Å²) in [5.41, 5.74) is 1.28. The first kappa shape index (κ1) is 15.6. The molecule has 3 heteroatoms. The Bertz CT molecular complexity index is 392. The highest BCUT2D eigenvalue weighted by Gasteiger charge is 2.19. The maximum Gasteiger partial charge on any atom is 0.120 e. The van der Waals surface area contributed by atoms with Crippen molar-refractivity contribution in [3.05, 3.63) is 23.2 Å². The van der Waals surface area contributed by atoms with Crippen LogP contribution in [0.1, 0.15) is 56.6 Å². The van der Waals surface area contributed by atoms with Crippen LogP contribution in [0.15, 0.2) is 10.5 Å². The summed E-state index contributed by atoms with van der Waals surface area (Å²) in [5, 5.41) is 3.33. The van der Waals surface area contributed by atoms with E-state index in [1.54, 1.807) is 0 Å². The molecule has 1 N–H and O–H groups in total. The average molecular weight is 278 g/mol. The van der Waals surface area contributed by atoms with E-state index in [-0.39, 0.29) is 0 Å². The third-order valence-electron chi connectivity index (χ3n) is 4.39. The molecule has 0 spiro atoms. The van der Waals surface area contributed by atoms with Gasteiger partial charge in [-0.15, -0.1) is 0 Å². The summed E-state index contributed by atoms with van der Waals surface area (Å²) in [4.78, 5) is 2.54. The molecule has 2 rings (SSSR count). The molecule has 0 aromatic carbocycles. The van der Waals surface area contributed by atoms with E-state index in [4.69, 9.17) is 4.42 Å². The molecule has 3 nitrogen and oxygen atoms in total. The maximum atomic E-state index is 5.99. The fraction of sp³-hybridized carbons (Fsp3) is 0.765. The second-order valence-corrected chi connectivity index (χ2v) is 6.11. The van der Waals surface area contributed by atoms with Crippen LogP contribution in [0.25, 0.3) is 0 Å². The molecule has 0 radical (unpaired) electrons. The van der Waals surface area contributed by atoms with Crippen molar-refractivity contribution < 1.29 is 4.42 Å². The molecule has 0 aliphatic carbocycles. The van der Waals surface area contributed by atoms with Gasteiger partial charge in [0, 0.05) is 0 Å². The van der Waals surface area contributed by atoms with Gasteiger partial charge in [0.1, 0.15) is 11.5 Å². The molecule has 2 heterocycles. The van der Waals surface area contributed by atoms with E-state index in [2.05, 4.69) is 37.1 Å². The zero-order valence-electron chi connectivity index (χ0n) is 13.4. The Morgan fingerprint density at radius 3 is 2.70 bits per heavy atom. The Morgan fingerprint density at radius 2 is 2.05 bits per heavy atom. The van der Waals surface area contributed by atoms with E-state index in [9.17, 15) is 0 Å². The molecule has 114 valence electrons. The monoisotopic (exact) mass is 278 g/mol. The van der Waals surface area contributed by atoms with Crippen molar-refractivity contribution in [1.29, 1.82) is 0 Å². The van der Waals surface area contributed by atoms with Gasteiger partial charge in [0.2, 0.25) is 0 Å². The van der Waals surface area contributed by atoms with Crippen molar-refractivity contribution in [3.8, 4) is 0 Å². The molecule has 0 bridgehead atoms. The predicted molar refractivity (Wildman–Crippen MR) is 83.7 cm³/mol. The van der Waals surface area contributed by atoms with E-state index in [0.717, 1.165) is 37.1 Å². The summed E-state index contributed by atoms with van der Waals surface area (Å²) in [6.45, 7) is 11.8. The van der Waals surface area contributed by atoms with Crippen molar-refractivity contribution in [1.82, 2.24) is 10.2 Å². The molecule has 0 unspecified atom stereocenters. The van der Waals surface area contributed by atoms with Crippen molar-refractivity contribution in [2.45, 2.75) is 59.5 Å². The first-order valence-corrected chi connectivity index (χ1v) is 8.24. The van der Waals surface area contributed by atoms with E-state index >= 15 is 0 Å². The smallest absolute Gasteiger partial charge is 0.120 e. The van der Waals surface area contributed by atoms with Gasteiger partial charge < -0.3 is 9.73 Å². The SMILES string of the molecule is CCCC1CCN(Cc2cc(C)c(CNCC)o2)CC1. The Kier molecular flexibility index (Phi) is 6.11. The van der Waals surface area contributed by atoms with E-state index in [1.807, 2.05) is 0 Å². The molecule has 0 saturated carbocycles. The number of likely N-dealkylation sites (tertiary alicyclic amines) is 1. The number of aryl methyl sites for hydroxylation is 1. The van der Waals surface area contributed by atoms with Gasteiger partial charge in [-0.05, 0) is 56.9 Å². The average Bonchev–Trinajstić information content (AvgIpc) is 2.79. The number of nitrogens with zero attached hydrogens (tertiary/aromatic N) is 1. The zero-order valence-corrected chi connectivity index (χ0v) is 13.4. The van der Waals surface area contributed by atoms with Gasteiger partial charge in [0.25, 0.3) is 0 Å². The van der Waals surface area contributed by atoms with Gasteiger partial charge in [-0.1, -0.05) is 26.7 Å². The van der Waals surface area contributed by atoms with E-state index < -0.39 is 0 Å². The lowest BCUT2D eigenvalue weighted by atomic mass is 9.92. The molecule has 1 saturated heterocycles. The van der Waals surface area contributed by atoms with Crippen molar-refractivity contribution in [2.24, 2.45) is 5.92 Å². The summed E-state index contributed by atoms with van der Waals surface area (Å²) in [7, 11) is 0. The summed E-state index contributed by atoms with van der Waals surface area (Å²) in [6, 6.07) is 2.21. The lowest BCUT2D eigenvalue weighted by molar-refractivity contribution is 0.161. The van der Waals surface area contributed by atoms with Gasteiger partial charge in [0.15, 0.2) is 0 Å². The fourth-order valence-corrected chi connectivity index (χ4v) is 3.14. The fourth-order valence-electron chi connectivity index (χ4n) is 3.14. The summed E-state index contributed by atoms with van der Waals surface area (Å²) < 4.78 is 5.99. The highest BCUT2D eigenvalue weighted by Crippen LogP contribution is 2.24. The largest absolute Gasteiger partial charge is 0.463 e. The summed E-state index contributed by atoms with van der Waals surface area (Å²) in [5.74, 6) is 3.19. The van der Waals surface area contributed by atoms with Crippen LogP contribution in [0, 0.1) is 12.8 Å². The van der Waals surface area contributed by atoms with Crippen LogP contribution in [0.2, 0.25) is 0 Å². The molecular formula is C17H30N2O. The van der Waals surface area contributed by atoms with Crippen LogP contribution >= 0.6 is 0 Å². The minimum Gasteiger partial charge on any atom is -0.463 e. The quantitative estimate of drug-likeness (QED) is 0.824. The van der Waals surface area contributed by atoms with Crippen LogP contribution in [0.5, 0.6) is 0 Å².